The van der Waals surface area contributed by atoms with E-state index in [1.165, 1.54) is 0 Å². The van der Waals surface area contributed by atoms with Crippen molar-refractivity contribution in [3.05, 3.63) is 42.6 Å². The SMILES string of the molecule is c1ccc2[nH]c(N=Nc3ccn[nH]3)cc2c1. The number of rotatable bonds is 2. The highest BCUT2D eigenvalue weighted by Crippen LogP contribution is 2.21. The van der Waals surface area contributed by atoms with Crippen LogP contribution < -0.4 is 0 Å². The van der Waals surface area contributed by atoms with Gasteiger partial charge in [-0.25, -0.2) is 0 Å². The van der Waals surface area contributed by atoms with E-state index in [1.807, 2.05) is 30.3 Å². The second-order valence-electron chi connectivity index (χ2n) is 3.38. The zero-order valence-electron chi connectivity index (χ0n) is 8.38. The molecule has 2 N–H and O–H groups in total. The molecule has 1 aromatic carbocycles. The highest BCUT2D eigenvalue weighted by atomic mass is 15.2. The van der Waals surface area contributed by atoms with Crippen molar-refractivity contribution in [1.82, 2.24) is 15.2 Å². The second kappa shape index (κ2) is 3.62. The van der Waals surface area contributed by atoms with E-state index < -0.39 is 0 Å². The van der Waals surface area contributed by atoms with Crippen molar-refractivity contribution in [2.75, 3.05) is 0 Å². The number of hydrogen-bond acceptors (Lipinski definition) is 3. The van der Waals surface area contributed by atoms with Crippen LogP contribution in [0.5, 0.6) is 0 Å². The van der Waals surface area contributed by atoms with Crippen LogP contribution in [-0.2, 0) is 0 Å². The van der Waals surface area contributed by atoms with E-state index in [1.54, 1.807) is 12.3 Å². The van der Waals surface area contributed by atoms with Crippen LogP contribution in [0.25, 0.3) is 10.9 Å². The molecule has 5 heteroatoms. The average Bonchev–Trinajstić information content (AvgIpc) is 2.95. The van der Waals surface area contributed by atoms with Crippen LogP contribution in [0, 0.1) is 0 Å². The lowest BCUT2D eigenvalue weighted by Gasteiger charge is -1.84. The first-order valence-electron chi connectivity index (χ1n) is 4.91. The van der Waals surface area contributed by atoms with Crippen LogP contribution in [0.2, 0.25) is 0 Å². The fraction of sp³-hybridized carbons (Fsp3) is 0. The van der Waals surface area contributed by atoms with Gasteiger partial charge in [-0.3, -0.25) is 5.10 Å². The summed E-state index contributed by atoms with van der Waals surface area (Å²) in [7, 11) is 0. The normalized spacial score (nSPS) is 11.5. The van der Waals surface area contributed by atoms with Gasteiger partial charge in [0.15, 0.2) is 11.6 Å². The number of nitrogens with zero attached hydrogens (tertiary/aromatic N) is 3. The summed E-state index contributed by atoms with van der Waals surface area (Å²) in [6.45, 7) is 0. The number of nitrogens with one attached hydrogen (secondary N) is 2. The predicted octanol–water partition coefficient (Wildman–Crippen LogP) is 3.31. The number of hydrogen-bond donors (Lipinski definition) is 2. The molecule has 0 amide bonds. The van der Waals surface area contributed by atoms with E-state index >= 15 is 0 Å². The zero-order chi connectivity index (χ0) is 10.8. The third-order valence-electron chi connectivity index (χ3n) is 2.27. The van der Waals surface area contributed by atoms with Gasteiger partial charge in [-0.15, -0.1) is 10.2 Å². The molecule has 0 saturated heterocycles. The van der Waals surface area contributed by atoms with Gasteiger partial charge in [-0.05, 0) is 12.1 Å². The van der Waals surface area contributed by atoms with Gasteiger partial charge in [0.05, 0.1) is 6.20 Å². The molecule has 0 bridgehead atoms. The Hall–Kier alpha value is -2.43. The highest BCUT2D eigenvalue weighted by Gasteiger charge is 1.97. The largest absolute Gasteiger partial charge is 0.338 e. The number of benzene rings is 1. The van der Waals surface area contributed by atoms with Crippen molar-refractivity contribution in [3.63, 3.8) is 0 Å². The van der Waals surface area contributed by atoms with E-state index in [9.17, 15) is 0 Å². The third kappa shape index (κ3) is 1.58. The molecule has 0 aliphatic heterocycles. The first kappa shape index (κ1) is 8.84. The van der Waals surface area contributed by atoms with Crippen LogP contribution in [0.3, 0.4) is 0 Å². The molecule has 3 aromatic rings. The van der Waals surface area contributed by atoms with Crippen LogP contribution in [0.15, 0.2) is 52.8 Å². The van der Waals surface area contributed by atoms with Crippen molar-refractivity contribution < 1.29 is 0 Å². The minimum Gasteiger partial charge on any atom is -0.338 e. The average molecular weight is 211 g/mol. The van der Waals surface area contributed by atoms with E-state index in [-0.39, 0.29) is 0 Å². The molecule has 0 spiro atoms. The fourth-order valence-corrected chi connectivity index (χ4v) is 1.52. The Bertz CT molecular complexity index is 588. The molecule has 0 fully saturated rings. The van der Waals surface area contributed by atoms with E-state index in [0.29, 0.717) is 5.82 Å². The standard InChI is InChI=1S/C11H9N5/c1-2-4-9-8(3-1)7-11(13-9)16-15-10-5-6-12-14-10/h1-7,13H,(H,12,14). The summed E-state index contributed by atoms with van der Waals surface area (Å²) < 4.78 is 0. The number of aromatic amines is 2. The summed E-state index contributed by atoms with van der Waals surface area (Å²) in [6.07, 6.45) is 1.64. The van der Waals surface area contributed by atoms with Gasteiger partial charge >= 0.3 is 0 Å². The molecule has 5 nitrogen and oxygen atoms in total. The summed E-state index contributed by atoms with van der Waals surface area (Å²) in [5, 5.41) is 15.7. The fourth-order valence-electron chi connectivity index (χ4n) is 1.52. The Morgan fingerprint density at radius 3 is 2.69 bits per heavy atom. The maximum Gasteiger partial charge on any atom is 0.170 e. The molecule has 2 heterocycles. The van der Waals surface area contributed by atoms with Crippen molar-refractivity contribution in [3.8, 4) is 0 Å². The van der Waals surface area contributed by atoms with Gasteiger partial charge < -0.3 is 4.98 Å². The van der Waals surface area contributed by atoms with Gasteiger partial charge in [-0.1, -0.05) is 18.2 Å². The Kier molecular flexibility index (Phi) is 2.00. The molecule has 0 unspecified atom stereocenters. The lowest BCUT2D eigenvalue weighted by Crippen LogP contribution is -1.64. The van der Waals surface area contributed by atoms with Gasteiger partial charge in [0, 0.05) is 17.0 Å². The molecule has 0 atom stereocenters. The molecule has 3 rings (SSSR count). The van der Waals surface area contributed by atoms with Crippen LogP contribution in [0.4, 0.5) is 11.6 Å². The third-order valence-corrected chi connectivity index (χ3v) is 2.27. The molecular weight excluding hydrogens is 202 g/mol. The summed E-state index contributed by atoms with van der Waals surface area (Å²) in [5.74, 6) is 1.37. The Balaban J connectivity index is 1.95. The molecule has 16 heavy (non-hydrogen) atoms. The monoisotopic (exact) mass is 211 g/mol. The molecule has 0 saturated carbocycles. The second-order valence-corrected chi connectivity index (χ2v) is 3.38. The van der Waals surface area contributed by atoms with Crippen molar-refractivity contribution in [2.24, 2.45) is 10.2 Å². The summed E-state index contributed by atoms with van der Waals surface area (Å²) in [4.78, 5) is 3.16. The van der Waals surface area contributed by atoms with Crippen LogP contribution >= 0.6 is 0 Å². The number of fused-ring (bicyclic) bond motifs is 1. The molecular formula is C11H9N5. The van der Waals surface area contributed by atoms with Gasteiger partial charge in [0.25, 0.3) is 0 Å². The number of para-hydroxylation sites is 1. The lowest BCUT2D eigenvalue weighted by atomic mass is 10.3. The van der Waals surface area contributed by atoms with Gasteiger partial charge in [-0.2, -0.15) is 5.10 Å². The van der Waals surface area contributed by atoms with E-state index in [4.69, 9.17) is 0 Å². The van der Waals surface area contributed by atoms with Crippen molar-refractivity contribution in [2.45, 2.75) is 0 Å². The molecule has 78 valence electrons. The van der Waals surface area contributed by atoms with Crippen molar-refractivity contribution in [1.29, 1.82) is 0 Å². The maximum atomic E-state index is 4.08. The highest BCUT2D eigenvalue weighted by molar-refractivity contribution is 5.82. The minimum absolute atomic E-state index is 0.638. The topological polar surface area (TPSA) is 69.2 Å². The summed E-state index contributed by atoms with van der Waals surface area (Å²) >= 11 is 0. The number of azo groups is 1. The van der Waals surface area contributed by atoms with E-state index in [2.05, 4.69) is 25.4 Å². The van der Waals surface area contributed by atoms with Gasteiger partial charge in [0.2, 0.25) is 0 Å². The predicted molar refractivity (Wildman–Crippen MR) is 61.1 cm³/mol. The zero-order valence-corrected chi connectivity index (χ0v) is 8.38. The smallest absolute Gasteiger partial charge is 0.170 e. The summed E-state index contributed by atoms with van der Waals surface area (Å²) in [6, 6.07) is 11.7. The minimum atomic E-state index is 0.638. The quantitative estimate of drug-likeness (QED) is 0.627. The first-order chi connectivity index (χ1) is 7.92. The number of H-pyrrole nitrogens is 2. The molecule has 0 aliphatic carbocycles. The van der Waals surface area contributed by atoms with Gasteiger partial charge in [0.1, 0.15) is 0 Å². The Labute approximate surface area is 91.2 Å². The van der Waals surface area contributed by atoms with Crippen molar-refractivity contribution >= 4 is 22.5 Å². The van der Waals surface area contributed by atoms with E-state index in [0.717, 1.165) is 16.7 Å². The summed E-state index contributed by atoms with van der Waals surface area (Å²) in [5.41, 5.74) is 1.06. The van der Waals surface area contributed by atoms with Crippen LogP contribution in [-0.4, -0.2) is 15.2 Å². The Morgan fingerprint density at radius 1 is 1.00 bits per heavy atom. The Morgan fingerprint density at radius 2 is 1.88 bits per heavy atom. The molecule has 2 aromatic heterocycles. The lowest BCUT2D eigenvalue weighted by molar-refractivity contribution is 1.05. The number of aromatic nitrogens is 3. The molecule has 0 radical (unpaired) electrons. The molecule has 0 aliphatic rings. The first-order valence-corrected chi connectivity index (χ1v) is 4.91. The maximum absolute atomic E-state index is 4.08. The van der Waals surface area contributed by atoms with Crippen LogP contribution in [0.1, 0.15) is 0 Å².